The van der Waals surface area contributed by atoms with E-state index in [0.29, 0.717) is 0 Å². The third-order valence-corrected chi connectivity index (χ3v) is 4.90. The first-order chi connectivity index (χ1) is 10.7. The molecule has 0 amide bonds. The topological polar surface area (TPSA) is 0 Å². The predicted molar refractivity (Wildman–Crippen MR) is 102 cm³/mol. The molecule has 23 heavy (non-hydrogen) atoms. The van der Waals surface area contributed by atoms with E-state index in [1.807, 2.05) is 0 Å². The largest absolute Gasteiger partial charge is 0.0683 e. The van der Waals surface area contributed by atoms with E-state index in [2.05, 4.69) is 78.8 Å². The average Bonchev–Trinajstić information content (AvgIpc) is 2.75. The fraction of sp³-hybridized carbons (Fsp3) is 0.391. The lowest BCUT2D eigenvalue weighted by atomic mass is 9.78. The summed E-state index contributed by atoms with van der Waals surface area (Å²) in [6.45, 7) is 15.9. The Morgan fingerprint density at radius 3 is 2.00 bits per heavy atom. The third kappa shape index (κ3) is 2.87. The van der Waals surface area contributed by atoms with Gasteiger partial charge in [-0.1, -0.05) is 67.8 Å². The molecule has 0 aromatic heterocycles. The van der Waals surface area contributed by atoms with Crippen molar-refractivity contribution in [3.8, 4) is 11.1 Å². The number of hydrogen-bond acceptors (Lipinski definition) is 0. The maximum Gasteiger partial charge on any atom is -0.00543 e. The van der Waals surface area contributed by atoms with Crippen molar-refractivity contribution in [3.05, 3.63) is 63.2 Å². The number of benzene rings is 2. The Morgan fingerprint density at radius 2 is 1.43 bits per heavy atom. The van der Waals surface area contributed by atoms with E-state index in [1.165, 1.54) is 50.1 Å². The van der Waals surface area contributed by atoms with Gasteiger partial charge < -0.3 is 0 Å². The lowest BCUT2D eigenvalue weighted by molar-refractivity contribution is 0.586. The first-order valence-electron chi connectivity index (χ1n) is 8.59. The molecular weight excluding hydrogens is 276 g/mol. The maximum atomic E-state index is 2.42. The van der Waals surface area contributed by atoms with Crippen molar-refractivity contribution in [2.45, 2.75) is 60.3 Å². The molecule has 1 aliphatic carbocycles. The Bertz CT molecular complexity index is 791. The summed E-state index contributed by atoms with van der Waals surface area (Å²) in [5.41, 5.74) is 13.0. The minimum atomic E-state index is 0.164. The highest BCUT2D eigenvalue weighted by Gasteiger charge is 2.25. The number of hydrogen-bond donors (Lipinski definition) is 0. The van der Waals surface area contributed by atoms with Crippen LogP contribution in [-0.4, -0.2) is 0 Å². The van der Waals surface area contributed by atoms with Crippen molar-refractivity contribution in [2.75, 3.05) is 0 Å². The van der Waals surface area contributed by atoms with Crippen LogP contribution in [0.15, 0.2) is 29.8 Å². The van der Waals surface area contributed by atoms with Gasteiger partial charge in [-0.05, 0) is 72.9 Å². The molecule has 0 radical (unpaired) electrons. The molecule has 3 rings (SSSR count). The summed E-state index contributed by atoms with van der Waals surface area (Å²) in [5.74, 6) is 0. The number of allylic oxidation sites excluding steroid dienone is 1. The summed E-state index contributed by atoms with van der Waals surface area (Å²) in [7, 11) is 0. The van der Waals surface area contributed by atoms with Crippen molar-refractivity contribution in [1.29, 1.82) is 0 Å². The van der Waals surface area contributed by atoms with Crippen LogP contribution in [0.3, 0.4) is 0 Å². The van der Waals surface area contributed by atoms with Crippen molar-refractivity contribution >= 4 is 6.08 Å². The molecule has 2 aromatic rings. The molecule has 0 heteroatoms. The first kappa shape index (κ1) is 16.1. The quantitative estimate of drug-likeness (QED) is 0.561. The van der Waals surface area contributed by atoms with Crippen LogP contribution in [0.1, 0.15) is 61.1 Å². The van der Waals surface area contributed by atoms with E-state index in [0.717, 1.165) is 6.42 Å². The van der Waals surface area contributed by atoms with Gasteiger partial charge in [-0.2, -0.15) is 0 Å². The molecule has 2 aromatic carbocycles. The Balaban J connectivity index is 2.35. The first-order valence-corrected chi connectivity index (χ1v) is 8.59. The van der Waals surface area contributed by atoms with Crippen LogP contribution in [0.2, 0.25) is 0 Å². The molecule has 0 N–H and O–H groups in total. The third-order valence-electron chi connectivity index (χ3n) is 4.90. The second-order valence-electron chi connectivity index (χ2n) is 8.29. The van der Waals surface area contributed by atoms with Crippen molar-refractivity contribution in [3.63, 3.8) is 0 Å². The highest BCUT2D eigenvalue weighted by atomic mass is 14.3. The molecule has 0 aliphatic heterocycles. The summed E-state index contributed by atoms with van der Waals surface area (Å²) in [5, 5.41) is 0. The van der Waals surface area contributed by atoms with Gasteiger partial charge in [0.05, 0.1) is 0 Å². The van der Waals surface area contributed by atoms with E-state index in [9.17, 15) is 0 Å². The Kier molecular flexibility index (Phi) is 3.75. The van der Waals surface area contributed by atoms with Crippen LogP contribution in [0.25, 0.3) is 17.2 Å². The van der Waals surface area contributed by atoms with Gasteiger partial charge in [0.25, 0.3) is 0 Å². The molecule has 0 unspecified atom stereocenters. The van der Waals surface area contributed by atoms with Gasteiger partial charge in [0, 0.05) is 0 Å². The molecule has 120 valence electrons. The second-order valence-corrected chi connectivity index (χ2v) is 8.29. The molecule has 0 spiro atoms. The second kappa shape index (κ2) is 5.37. The van der Waals surface area contributed by atoms with Gasteiger partial charge in [-0.25, -0.2) is 0 Å². The Labute approximate surface area is 141 Å². The van der Waals surface area contributed by atoms with Gasteiger partial charge in [-0.3, -0.25) is 0 Å². The molecule has 0 bridgehead atoms. The van der Waals surface area contributed by atoms with Crippen LogP contribution in [0.4, 0.5) is 0 Å². The monoisotopic (exact) mass is 304 g/mol. The Hall–Kier alpha value is -1.82. The number of fused-ring (bicyclic) bond motifs is 1. The fourth-order valence-electron chi connectivity index (χ4n) is 4.06. The standard InChI is InChI=1S/C23H28/c1-14-8-15(2)11-19(10-14)22-17(4)21(23(5,6)7)13-18-9-16(3)12-20(18)22/h8-11,13H,12H2,1-7H3. The molecule has 0 nitrogen and oxygen atoms in total. The van der Waals surface area contributed by atoms with E-state index in [1.54, 1.807) is 0 Å². The van der Waals surface area contributed by atoms with Crippen LogP contribution >= 0.6 is 0 Å². The molecule has 0 saturated heterocycles. The van der Waals surface area contributed by atoms with Gasteiger partial charge in [0.15, 0.2) is 0 Å². The molecule has 0 atom stereocenters. The van der Waals surface area contributed by atoms with E-state index in [4.69, 9.17) is 0 Å². The minimum absolute atomic E-state index is 0.164. The highest BCUT2D eigenvalue weighted by Crippen LogP contribution is 2.41. The van der Waals surface area contributed by atoms with Crippen LogP contribution in [0, 0.1) is 20.8 Å². The van der Waals surface area contributed by atoms with Gasteiger partial charge >= 0.3 is 0 Å². The fourth-order valence-corrected chi connectivity index (χ4v) is 4.06. The molecule has 0 fully saturated rings. The molecule has 0 saturated carbocycles. The zero-order valence-corrected chi connectivity index (χ0v) is 15.6. The zero-order chi connectivity index (χ0) is 16.9. The number of rotatable bonds is 1. The molecule has 0 heterocycles. The van der Waals surface area contributed by atoms with E-state index >= 15 is 0 Å². The summed E-state index contributed by atoms with van der Waals surface area (Å²) in [6, 6.07) is 9.37. The SMILES string of the molecule is CC1=Cc2cc(C(C)(C)C)c(C)c(-c3cc(C)cc(C)c3)c2C1. The maximum absolute atomic E-state index is 2.42. The lowest BCUT2D eigenvalue weighted by Crippen LogP contribution is -2.15. The van der Waals surface area contributed by atoms with E-state index in [-0.39, 0.29) is 5.41 Å². The van der Waals surface area contributed by atoms with Gasteiger partial charge in [-0.15, -0.1) is 0 Å². The Morgan fingerprint density at radius 1 is 0.826 bits per heavy atom. The predicted octanol–water partition coefficient (Wildman–Crippen LogP) is 6.54. The van der Waals surface area contributed by atoms with Gasteiger partial charge in [0.1, 0.15) is 0 Å². The van der Waals surface area contributed by atoms with Crippen LogP contribution in [-0.2, 0) is 11.8 Å². The van der Waals surface area contributed by atoms with Crippen LogP contribution in [0.5, 0.6) is 0 Å². The van der Waals surface area contributed by atoms with Crippen molar-refractivity contribution in [2.24, 2.45) is 0 Å². The van der Waals surface area contributed by atoms with Crippen molar-refractivity contribution in [1.82, 2.24) is 0 Å². The zero-order valence-electron chi connectivity index (χ0n) is 15.6. The normalized spacial score (nSPS) is 14.0. The van der Waals surface area contributed by atoms with E-state index < -0.39 is 0 Å². The summed E-state index contributed by atoms with van der Waals surface area (Å²) >= 11 is 0. The molecular formula is C23H28. The lowest BCUT2D eigenvalue weighted by Gasteiger charge is -2.26. The van der Waals surface area contributed by atoms with Crippen LogP contribution < -0.4 is 0 Å². The minimum Gasteiger partial charge on any atom is -0.0683 e. The smallest absolute Gasteiger partial charge is 0.00543 e. The average molecular weight is 304 g/mol. The highest BCUT2D eigenvalue weighted by molar-refractivity contribution is 5.81. The summed E-state index contributed by atoms with van der Waals surface area (Å²) in [6.07, 6.45) is 3.46. The molecule has 1 aliphatic rings. The van der Waals surface area contributed by atoms with Crippen molar-refractivity contribution < 1.29 is 0 Å². The summed E-state index contributed by atoms with van der Waals surface area (Å²) in [4.78, 5) is 0. The van der Waals surface area contributed by atoms with Gasteiger partial charge in [0.2, 0.25) is 0 Å². The summed E-state index contributed by atoms with van der Waals surface area (Å²) < 4.78 is 0. The number of aryl methyl sites for hydroxylation is 2.